The summed E-state index contributed by atoms with van der Waals surface area (Å²) in [6.45, 7) is 6.42. The fourth-order valence-corrected chi connectivity index (χ4v) is 2.79. The molecule has 8 heteroatoms. The number of hydrogen-bond acceptors (Lipinski definition) is 4. The minimum atomic E-state index is -0.832. The largest absolute Gasteiger partial charge is 0.497 e. The lowest BCUT2D eigenvalue weighted by atomic mass is 10.1. The summed E-state index contributed by atoms with van der Waals surface area (Å²) in [6.07, 6.45) is -0.832. The third-order valence-electron chi connectivity index (χ3n) is 4.57. The molecule has 0 radical (unpaired) electrons. The number of hydrogen-bond donors (Lipinski definition) is 3. The van der Waals surface area contributed by atoms with Crippen LogP contribution in [0.1, 0.15) is 42.7 Å². The molecular weight excluding hydrogens is 500 g/mol. The molecule has 0 amide bonds. The molecule has 0 bridgehead atoms. The molecule has 2 aromatic carbocycles. The Morgan fingerprint density at radius 2 is 1.73 bits per heavy atom. The van der Waals surface area contributed by atoms with Crippen LogP contribution >= 0.6 is 24.0 Å². The first-order valence-corrected chi connectivity index (χ1v) is 9.59. The lowest BCUT2D eigenvalue weighted by Gasteiger charge is -2.19. The van der Waals surface area contributed by atoms with E-state index in [1.165, 1.54) is 6.07 Å². The number of aryl methyl sites for hydroxylation is 1. The summed E-state index contributed by atoms with van der Waals surface area (Å²) in [5.74, 6) is 1.50. The van der Waals surface area contributed by atoms with Crippen molar-refractivity contribution in [3.63, 3.8) is 0 Å². The van der Waals surface area contributed by atoms with E-state index in [4.69, 9.17) is 9.47 Å². The van der Waals surface area contributed by atoms with Crippen molar-refractivity contribution in [2.24, 2.45) is 4.99 Å². The maximum atomic E-state index is 13.9. The van der Waals surface area contributed by atoms with Crippen LogP contribution in [0.5, 0.6) is 11.5 Å². The van der Waals surface area contributed by atoms with E-state index in [-0.39, 0.29) is 42.4 Å². The highest BCUT2D eigenvalue weighted by Gasteiger charge is 2.13. The van der Waals surface area contributed by atoms with Crippen molar-refractivity contribution >= 4 is 29.9 Å². The standard InChI is InChI=1S/C22H30FN3O3.HI/c1-6-24-22(26-15(3)16-8-7-14(2)20(23)11-16)25-13-21(27)17-9-18(28-4)12-19(10-17)29-5;/h7-12,15,21,27H,6,13H2,1-5H3,(H2,24,25,26);1H. The Kier molecular flexibility index (Phi) is 10.9. The van der Waals surface area contributed by atoms with Gasteiger partial charge in [0.05, 0.1) is 32.9 Å². The van der Waals surface area contributed by atoms with Gasteiger partial charge in [0.2, 0.25) is 0 Å². The molecule has 166 valence electrons. The van der Waals surface area contributed by atoms with Crippen molar-refractivity contribution in [3.8, 4) is 11.5 Å². The van der Waals surface area contributed by atoms with Crippen LogP contribution < -0.4 is 20.1 Å². The average Bonchev–Trinajstić information content (AvgIpc) is 2.73. The van der Waals surface area contributed by atoms with E-state index in [1.54, 1.807) is 45.4 Å². The molecule has 6 nitrogen and oxygen atoms in total. The summed E-state index contributed by atoms with van der Waals surface area (Å²) in [6, 6.07) is 10.3. The number of guanidine groups is 1. The molecule has 0 aromatic heterocycles. The summed E-state index contributed by atoms with van der Waals surface area (Å²) >= 11 is 0. The number of aliphatic hydroxyl groups is 1. The zero-order valence-electron chi connectivity index (χ0n) is 18.0. The van der Waals surface area contributed by atoms with Crippen LogP contribution in [0.3, 0.4) is 0 Å². The summed E-state index contributed by atoms with van der Waals surface area (Å²) in [5.41, 5.74) is 2.07. The lowest BCUT2D eigenvalue weighted by molar-refractivity contribution is 0.186. The fourth-order valence-electron chi connectivity index (χ4n) is 2.79. The van der Waals surface area contributed by atoms with Gasteiger partial charge in [-0.05, 0) is 55.7 Å². The van der Waals surface area contributed by atoms with Crippen molar-refractivity contribution in [2.45, 2.75) is 32.9 Å². The number of rotatable bonds is 8. The maximum Gasteiger partial charge on any atom is 0.191 e. The monoisotopic (exact) mass is 531 g/mol. The molecular formula is C22H31FIN3O3. The lowest BCUT2D eigenvalue weighted by Crippen LogP contribution is -2.39. The van der Waals surface area contributed by atoms with Gasteiger partial charge in [0, 0.05) is 12.6 Å². The molecule has 2 aromatic rings. The van der Waals surface area contributed by atoms with Gasteiger partial charge in [-0.1, -0.05) is 12.1 Å². The second-order valence-corrected chi connectivity index (χ2v) is 6.76. The SMILES string of the molecule is CCNC(=NCC(O)c1cc(OC)cc(OC)c1)NC(C)c1ccc(C)c(F)c1.I. The highest BCUT2D eigenvalue weighted by molar-refractivity contribution is 14.0. The normalized spacial score (nSPS) is 13.1. The van der Waals surface area contributed by atoms with E-state index in [2.05, 4.69) is 15.6 Å². The van der Waals surface area contributed by atoms with Gasteiger partial charge < -0.3 is 25.2 Å². The quantitative estimate of drug-likeness (QED) is 0.272. The predicted octanol–water partition coefficient (Wildman–Crippen LogP) is 4.12. The van der Waals surface area contributed by atoms with E-state index in [1.807, 2.05) is 19.9 Å². The summed E-state index contributed by atoms with van der Waals surface area (Å²) in [5, 5.41) is 17.0. The van der Waals surface area contributed by atoms with Crippen LogP contribution in [-0.4, -0.2) is 38.4 Å². The summed E-state index contributed by atoms with van der Waals surface area (Å²) in [4.78, 5) is 4.48. The number of aliphatic hydroxyl groups excluding tert-OH is 1. The third-order valence-corrected chi connectivity index (χ3v) is 4.57. The van der Waals surface area contributed by atoms with Crippen LogP contribution in [0.4, 0.5) is 4.39 Å². The number of aliphatic imine (C=N–C) groups is 1. The highest BCUT2D eigenvalue weighted by atomic mass is 127. The Hall–Kier alpha value is -2.07. The molecule has 2 atom stereocenters. The molecule has 0 heterocycles. The Labute approximate surface area is 194 Å². The van der Waals surface area contributed by atoms with Crippen LogP contribution in [-0.2, 0) is 0 Å². The molecule has 3 N–H and O–H groups in total. The molecule has 2 unspecified atom stereocenters. The molecule has 30 heavy (non-hydrogen) atoms. The number of nitrogens with zero attached hydrogens (tertiary/aromatic N) is 1. The Balaban J connectivity index is 0.00000450. The molecule has 0 saturated carbocycles. The molecule has 0 fully saturated rings. The minimum absolute atomic E-state index is 0. The van der Waals surface area contributed by atoms with E-state index >= 15 is 0 Å². The molecule has 0 aliphatic rings. The van der Waals surface area contributed by atoms with Crippen molar-refractivity contribution in [2.75, 3.05) is 27.3 Å². The number of halogens is 2. The Bertz CT molecular complexity index is 826. The Morgan fingerprint density at radius 1 is 1.10 bits per heavy atom. The van der Waals surface area contributed by atoms with Gasteiger partial charge >= 0.3 is 0 Å². The second kappa shape index (κ2) is 12.6. The minimum Gasteiger partial charge on any atom is -0.497 e. The van der Waals surface area contributed by atoms with Crippen molar-refractivity contribution in [1.29, 1.82) is 0 Å². The first-order chi connectivity index (χ1) is 13.9. The summed E-state index contributed by atoms with van der Waals surface area (Å²) in [7, 11) is 3.12. The van der Waals surface area contributed by atoms with Gasteiger partial charge in [-0.2, -0.15) is 0 Å². The van der Waals surface area contributed by atoms with Gasteiger partial charge in [-0.3, -0.25) is 4.99 Å². The van der Waals surface area contributed by atoms with Crippen LogP contribution in [0, 0.1) is 12.7 Å². The Morgan fingerprint density at radius 3 is 2.27 bits per heavy atom. The third kappa shape index (κ3) is 7.32. The number of ether oxygens (including phenoxy) is 2. The second-order valence-electron chi connectivity index (χ2n) is 6.76. The van der Waals surface area contributed by atoms with Crippen LogP contribution in [0.2, 0.25) is 0 Å². The first-order valence-electron chi connectivity index (χ1n) is 9.59. The zero-order valence-corrected chi connectivity index (χ0v) is 20.4. The number of methoxy groups -OCH3 is 2. The van der Waals surface area contributed by atoms with Gasteiger partial charge in [0.25, 0.3) is 0 Å². The van der Waals surface area contributed by atoms with Crippen LogP contribution in [0.15, 0.2) is 41.4 Å². The van der Waals surface area contributed by atoms with Crippen molar-refractivity contribution in [3.05, 3.63) is 58.9 Å². The van der Waals surface area contributed by atoms with Crippen LogP contribution in [0.25, 0.3) is 0 Å². The smallest absolute Gasteiger partial charge is 0.191 e. The van der Waals surface area contributed by atoms with Gasteiger partial charge in [0.15, 0.2) is 5.96 Å². The molecule has 0 aliphatic heterocycles. The molecule has 0 saturated heterocycles. The van der Waals surface area contributed by atoms with E-state index in [9.17, 15) is 9.50 Å². The van der Waals surface area contributed by atoms with E-state index < -0.39 is 6.10 Å². The summed E-state index contributed by atoms with van der Waals surface area (Å²) < 4.78 is 24.4. The maximum absolute atomic E-state index is 13.9. The molecule has 0 aliphatic carbocycles. The van der Waals surface area contributed by atoms with E-state index in [0.29, 0.717) is 35.1 Å². The molecule has 2 rings (SSSR count). The fraction of sp³-hybridized carbons (Fsp3) is 0.409. The van der Waals surface area contributed by atoms with Crippen molar-refractivity contribution in [1.82, 2.24) is 10.6 Å². The highest BCUT2D eigenvalue weighted by Crippen LogP contribution is 2.26. The number of nitrogens with one attached hydrogen (secondary N) is 2. The zero-order chi connectivity index (χ0) is 21.4. The molecule has 0 spiro atoms. The van der Waals surface area contributed by atoms with Gasteiger partial charge in [-0.25, -0.2) is 4.39 Å². The van der Waals surface area contributed by atoms with Gasteiger partial charge in [0.1, 0.15) is 17.3 Å². The van der Waals surface area contributed by atoms with Crippen molar-refractivity contribution < 1.29 is 19.0 Å². The number of benzene rings is 2. The van der Waals surface area contributed by atoms with E-state index in [0.717, 1.165) is 5.56 Å². The first kappa shape index (κ1) is 26.0. The predicted molar refractivity (Wildman–Crippen MR) is 129 cm³/mol. The average molecular weight is 531 g/mol. The van der Waals surface area contributed by atoms with Gasteiger partial charge in [-0.15, -0.1) is 24.0 Å². The topological polar surface area (TPSA) is 75.1 Å².